The largest absolute Gasteiger partial charge is 0.359 e. The van der Waals surface area contributed by atoms with Crippen LogP contribution in [0.15, 0.2) is 36.5 Å². The Balaban J connectivity index is 1.69. The minimum Gasteiger partial charge on any atom is -0.359 e. The normalized spacial score (nSPS) is 17.1. The molecule has 1 aromatic heterocycles. The van der Waals surface area contributed by atoms with E-state index >= 15 is 0 Å². The predicted molar refractivity (Wildman–Crippen MR) is 117 cm³/mol. The zero-order chi connectivity index (χ0) is 21.5. The van der Waals surface area contributed by atoms with Crippen molar-refractivity contribution in [3.05, 3.63) is 53.3 Å². The second-order valence-electron chi connectivity index (χ2n) is 7.63. The van der Waals surface area contributed by atoms with Gasteiger partial charge in [0.1, 0.15) is 17.3 Å². The van der Waals surface area contributed by atoms with Gasteiger partial charge in [0.05, 0.1) is 18.3 Å². The van der Waals surface area contributed by atoms with Crippen molar-refractivity contribution < 1.29 is 9.59 Å². The Bertz CT molecular complexity index is 1090. The highest BCUT2D eigenvalue weighted by molar-refractivity contribution is 7.81. The fourth-order valence-electron chi connectivity index (χ4n) is 4.04. The van der Waals surface area contributed by atoms with E-state index in [1.54, 1.807) is 20.0 Å². The van der Waals surface area contributed by atoms with Gasteiger partial charge in [0.2, 0.25) is 5.91 Å². The minimum atomic E-state index is -0.679. The van der Waals surface area contributed by atoms with Crippen molar-refractivity contribution in [3.8, 4) is 6.07 Å². The summed E-state index contributed by atoms with van der Waals surface area (Å²) in [5.41, 5.74) is 2.65. The molecule has 8 heteroatoms. The summed E-state index contributed by atoms with van der Waals surface area (Å²) in [6, 6.07) is 11.4. The summed E-state index contributed by atoms with van der Waals surface area (Å²) >= 11 is 5.75. The van der Waals surface area contributed by atoms with Crippen LogP contribution in [0.3, 0.4) is 0 Å². The van der Waals surface area contributed by atoms with Gasteiger partial charge in [-0.1, -0.05) is 12.1 Å². The Morgan fingerprint density at radius 1 is 1.30 bits per heavy atom. The van der Waals surface area contributed by atoms with E-state index in [-0.39, 0.29) is 11.8 Å². The summed E-state index contributed by atoms with van der Waals surface area (Å²) in [4.78, 5) is 32.7. The first-order chi connectivity index (χ1) is 14.4. The van der Waals surface area contributed by atoms with Gasteiger partial charge in [-0.3, -0.25) is 14.5 Å². The molecule has 0 unspecified atom stereocenters. The third-order valence-corrected chi connectivity index (χ3v) is 6.22. The number of amides is 2. The molecule has 0 bridgehead atoms. The first-order valence-electron chi connectivity index (χ1n) is 9.76. The van der Waals surface area contributed by atoms with Crippen LogP contribution in [-0.2, 0) is 16.0 Å². The number of rotatable bonds is 4. The maximum Gasteiger partial charge on any atom is 0.259 e. The highest BCUT2D eigenvalue weighted by atomic mass is 32.1. The van der Waals surface area contributed by atoms with E-state index in [4.69, 9.17) is 17.5 Å². The fraction of sp³-hybridized carbons (Fsp3) is 0.318. The molecule has 4 rings (SSSR count). The minimum absolute atomic E-state index is 0.0556. The molecule has 1 aliphatic carbocycles. The van der Waals surface area contributed by atoms with Crippen LogP contribution in [-0.4, -0.2) is 34.5 Å². The van der Waals surface area contributed by atoms with E-state index in [1.807, 2.05) is 35.2 Å². The predicted octanol–water partition coefficient (Wildman–Crippen LogP) is 2.61. The number of aromatic nitrogens is 1. The SMILES string of the molecule is CNC(=O)Cc1ccc(N2C(=S)N(c3cnc(C#N)c(C)c3)C(=O)C23CCC3)cc1. The zero-order valence-electron chi connectivity index (χ0n) is 16.8. The molecule has 1 spiro atoms. The Morgan fingerprint density at radius 2 is 2.00 bits per heavy atom. The van der Waals surface area contributed by atoms with E-state index < -0.39 is 5.54 Å². The van der Waals surface area contributed by atoms with Crippen molar-refractivity contribution in [2.75, 3.05) is 16.8 Å². The van der Waals surface area contributed by atoms with Crippen molar-refractivity contribution in [2.24, 2.45) is 0 Å². The van der Waals surface area contributed by atoms with Gasteiger partial charge in [-0.15, -0.1) is 0 Å². The van der Waals surface area contributed by atoms with Gasteiger partial charge in [-0.2, -0.15) is 5.26 Å². The van der Waals surface area contributed by atoms with Gasteiger partial charge in [0.25, 0.3) is 5.91 Å². The number of nitrogens with zero attached hydrogens (tertiary/aromatic N) is 4. The molecule has 1 aromatic carbocycles. The van der Waals surface area contributed by atoms with Gasteiger partial charge < -0.3 is 10.2 Å². The molecule has 1 N–H and O–H groups in total. The lowest BCUT2D eigenvalue weighted by atomic mass is 9.75. The van der Waals surface area contributed by atoms with Crippen molar-refractivity contribution in [1.29, 1.82) is 5.26 Å². The van der Waals surface area contributed by atoms with Gasteiger partial charge >= 0.3 is 0 Å². The number of thiocarbonyl (C=S) groups is 1. The van der Waals surface area contributed by atoms with E-state index in [9.17, 15) is 9.59 Å². The summed E-state index contributed by atoms with van der Waals surface area (Å²) in [5.74, 6) is -0.112. The second kappa shape index (κ2) is 7.50. The molecule has 1 saturated carbocycles. The molecule has 2 aliphatic rings. The number of nitrogens with one attached hydrogen (secondary N) is 1. The van der Waals surface area contributed by atoms with Crippen LogP contribution >= 0.6 is 12.2 Å². The first kappa shape index (κ1) is 20.0. The molecule has 7 nitrogen and oxygen atoms in total. The Morgan fingerprint density at radius 3 is 2.53 bits per heavy atom. The summed E-state index contributed by atoms with van der Waals surface area (Å²) in [5, 5.41) is 12.2. The van der Waals surface area contributed by atoms with Crippen LogP contribution in [0.4, 0.5) is 11.4 Å². The van der Waals surface area contributed by atoms with E-state index in [1.165, 1.54) is 11.1 Å². The van der Waals surface area contributed by atoms with Crippen molar-refractivity contribution >= 4 is 40.5 Å². The topological polar surface area (TPSA) is 89.3 Å². The number of likely N-dealkylation sites (N-methyl/N-ethyl adjacent to an activating group) is 1. The number of pyridine rings is 1. The molecule has 0 atom stereocenters. The Hall–Kier alpha value is -3.31. The quantitative estimate of drug-likeness (QED) is 0.767. The summed E-state index contributed by atoms with van der Waals surface area (Å²) in [6.45, 7) is 1.79. The molecule has 152 valence electrons. The monoisotopic (exact) mass is 419 g/mol. The molecule has 2 heterocycles. The van der Waals surface area contributed by atoms with Gasteiger partial charge in [-0.05, 0) is 67.7 Å². The van der Waals surface area contributed by atoms with Crippen LogP contribution in [0.2, 0.25) is 0 Å². The molecule has 0 radical (unpaired) electrons. The van der Waals surface area contributed by atoms with Crippen LogP contribution in [0, 0.1) is 18.3 Å². The van der Waals surface area contributed by atoms with Crippen molar-refractivity contribution in [1.82, 2.24) is 10.3 Å². The van der Waals surface area contributed by atoms with Crippen LogP contribution < -0.4 is 15.1 Å². The third kappa shape index (κ3) is 3.02. The second-order valence-corrected chi connectivity index (χ2v) is 8.00. The number of hydrogen-bond acceptors (Lipinski definition) is 5. The van der Waals surface area contributed by atoms with E-state index in [2.05, 4.69) is 10.3 Å². The molecular weight excluding hydrogens is 398 g/mol. The molecule has 2 aromatic rings. The van der Waals surface area contributed by atoms with Crippen molar-refractivity contribution in [3.63, 3.8) is 0 Å². The highest BCUT2D eigenvalue weighted by Crippen LogP contribution is 2.47. The maximum atomic E-state index is 13.5. The zero-order valence-corrected chi connectivity index (χ0v) is 17.6. The average Bonchev–Trinajstić information content (AvgIpc) is 2.95. The number of aryl methyl sites for hydroxylation is 1. The number of carbonyl (C=O) groups excluding carboxylic acids is 2. The summed E-state index contributed by atoms with van der Waals surface area (Å²) < 4.78 is 0. The lowest BCUT2D eigenvalue weighted by Crippen LogP contribution is -2.55. The number of hydrogen-bond donors (Lipinski definition) is 1. The van der Waals surface area contributed by atoms with E-state index in [0.717, 1.165) is 30.5 Å². The number of nitriles is 1. The average molecular weight is 420 g/mol. The van der Waals surface area contributed by atoms with Crippen LogP contribution in [0.1, 0.15) is 36.1 Å². The van der Waals surface area contributed by atoms with E-state index in [0.29, 0.717) is 28.5 Å². The van der Waals surface area contributed by atoms with Crippen molar-refractivity contribution in [2.45, 2.75) is 38.1 Å². The molecule has 1 aliphatic heterocycles. The van der Waals surface area contributed by atoms with Gasteiger partial charge in [0, 0.05) is 12.7 Å². The molecule has 2 amide bonds. The smallest absolute Gasteiger partial charge is 0.259 e. The number of benzene rings is 1. The maximum absolute atomic E-state index is 13.5. The Kier molecular flexibility index (Phi) is 5.00. The lowest BCUT2D eigenvalue weighted by molar-refractivity contribution is -0.124. The molecule has 30 heavy (non-hydrogen) atoms. The molecule has 1 saturated heterocycles. The fourth-order valence-corrected chi connectivity index (χ4v) is 4.51. The number of carbonyl (C=O) groups is 2. The standard InChI is InChI=1S/C22H21N5O2S/c1-14-10-17(13-25-18(14)12-23)26-20(29)22(8-3-9-22)27(21(26)30)16-6-4-15(5-7-16)11-19(28)24-2/h4-7,10,13H,3,8-9,11H2,1-2H3,(H,24,28). The Labute approximate surface area is 180 Å². The molecular formula is C22H21N5O2S. The summed E-state index contributed by atoms with van der Waals surface area (Å²) in [7, 11) is 1.61. The lowest BCUT2D eigenvalue weighted by Gasteiger charge is -2.43. The summed E-state index contributed by atoms with van der Waals surface area (Å²) in [6.07, 6.45) is 4.24. The van der Waals surface area contributed by atoms with Crippen LogP contribution in [0.5, 0.6) is 0 Å². The number of anilines is 2. The molecule has 2 fully saturated rings. The van der Waals surface area contributed by atoms with Crippen LogP contribution in [0.25, 0.3) is 0 Å². The van der Waals surface area contributed by atoms with Gasteiger partial charge in [0.15, 0.2) is 5.11 Å². The highest BCUT2D eigenvalue weighted by Gasteiger charge is 2.59. The first-order valence-corrected chi connectivity index (χ1v) is 10.2. The third-order valence-electron chi connectivity index (χ3n) is 5.86. The van der Waals surface area contributed by atoms with Gasteiger partial charge in [-0.25, -0.2) is 4.98 Å².